The van der Waals surface area contributed by atoms with Crippen molar-refractivity contribution in [2.24, 2.45) is 0 Å². The topological polar surface area (TPSA) is 61.9 Å². The number of carbonyl (C=O) groups excluding carboxylic acids is 2. The van der Waals surface area contributed by atoms with Crippen molar-refractivity contribution in [3.8, 4) is 5.75 Å². The van der Waals surface area contributed by atoms with Gasteiger partial charge in [-0.2, -0.15) is 0 Å². The van der Waals surface area contributed by atoms with Crippen LogP contribution >= 0.6 is 28.1 Å². The molecule has 33 heavy (non-hydrogen) atoms. The van der Waals surface area contributed by atoms with Gasteiger partial charge >= 0.3 is 0 Å². The van der Waals surface area contributed by atoms with E-state index in [1.807, 2.05) is 18.2 Å². The van der Waals surface area contributed by atoms with Crippen LogP contribution in [0.3, 0.4) is 0 Å². The lowest BCUT2D eigenvalue weighted by molar-refractivity contribution is -0.122. The van der Waals surface area contributed by atoms with Crippen LogP contribution in [0.5, 0.6) is 5.75 Å². The minimum Gasteiger partial charge on any atom is -0.496 e. The fourth-order valence-corrected chi connectivity index (χ4v) is 5.23. The fraction of sp³-hybridized carbons (Fsp3) is 0.320. The molecule has 2 aromatic rings. The molecule has 0 radical (unpaired) electrons. The van der Waals surface area contributed by atoms with Crippen molar-refractivity contribution in [3.63, 3.8) is 0 Å². The zero-order chi connectivity index (χ0) is 24.1. The summed E-state index contributed by atoms with van der Waals surface area (Å²) in [6.07, 6.45) is 2.58. The molecule has 6 nitrogen and oxygen atoms in total. The summed E-state index contributed by atoms with van der Waals surface area (Å²) in [5, 5.41) is 2.69. The van der Waals surface area contributed by atoms with Crippen LogP contribution in [-0.2, 0) is 9.59 Å². The van der Waals surface area contributed by atoms with E-state index in [0.29, 0.717) is 22.9 Å². The van der Waals surface area contributed by atoms with Crippen LogP contribution in [0.1, 0.15) is 44.2 Å². The molecular weight excluding hydrogens is 502 g/mol. The number of hydrogen-bond acceptors (Lipinski definition) is 5. The molecule has 2 aromatic carbocycles. The first-order valence-corrected chi connectivity index (χ1v) is 11.9. The summed E-state index contributed by atoms with van der Waals surface area (Å²) in [5.74, 6) is -0.0908. The van der Waals surface area contributed by atoms with Crippen molar-refractivity contribution < 1.29 is 14.3 Å². The molecule has 172 valence electrons. The lowest BCUT2D eigenvalue weighted by Gasteiger charge is -2.45. The number of methoxy groups -OCH3 is 1. The summed E-state index contributed by atoms with van der Waals surface area (Å²) in [6.45, 7) is 6.64. The van der Waals surface area contributed by atoms with Gasteiger partial charge in [0.15, 0.2) is 5.11 Å². The molecule has 1 fully saturated rings. The van der Waals surface area contributed by atoms with E-state index in [0.717, 1.165) is 22.1 Å². The molecule has 0 aromatic heterocycles. The van der Waals surface area contributed by atoms with Crippen LogP contribution in [0.25, 0.3) is 6.08 Å². The first-order valence-electron chi connectivity index (χ1n) is 10.7. The predicted molar refractivity (Wildman–Crippen MR) is 139 cm³/mol. The fourth-order valence-electron chi connectivity index (χ4n) is 4.56. The molecular formula is C25H26BrN3O3S. The number of rotatable bonds is 3. The quantitative estimate of drug-likeness (QED) is 0.345. The first-order chi connectivity index (χ1) is 15.5. The molecule has 2 aliphatic heterocycles. The Balaban J connectivity index is 1.81. The summed E-state index contributed by atoms with van der Waals surface area (Å²) < 4.78 is 6.46. The maximum absolute atomic E-state index is 13.4. The van der Waals surface area contributed by atoms with Crippen LogP contribution in [0.15, 0.2) is 46.4 Å². The van der Waals surface area contributed by atoms with E-state index in [2.05, 4.69) is 54.0 Å². The van der Waals surface area contributed by atoms with E-state index < -0.39 is 11.8 Å². The number of nitrogens with one attached hydrogen (secondary N) is 1. The van der Waals surface area contributed by atoms with Gasteiger partial charge in [-0.15, -0.1) is 0 Å². The Labute approximate surface area is 207 Å². The molecule has 0 bridgehead atoms. The summed E-state index contributed by atoms with van der Waals surface area (Å²) >= 11 is 8.72. The number of amides is 2. The number of thiocarbonyl (C=S) groups is 1. The zero-order valence-electron chi connectivity index (χ0n) is 19.2. The molecule has 2 heterocycles. The van der Waals surface area contributed by atoms with Crippen molar-refractivity contribution in [1.29, 1.82) is 0 Å². The molecule has 4 rings (SSSR count). The SMILES string of the molecule is COc1cc2c(cc1/C=C1/C(=O)NC(=S)N(c3cccc(Br)c3)C1=O)C(C)CC(C)(C)N2C. The maximum atomic E-state index is 13.4. The van der Waals surface area contributed by atoms with Gasteiger partial charge in [0.2, 0.25) is 0 Å². The Morgan fingerprint density at radius 2 is 1.97 bits per heavy atom. The summed E-state index contributed by atoms with van der Waals surface area (Å²) in [6, 6.07) is 11.2. The first kappa shape index (κ1) is 23.4. The standard InChI is InChI=1S/C25H26BrN3O3S/c1-14-13-25(2,3)28(4)20-12-21(32-5)15(9-18(14)20)10-19-22(30)27-24(33)29(23(19)31)17-8-6-7-16(26)11-17/h6-12,14H,13H2,1-5H3,(H,27,30,33)/b19-10-. The number of nitrogens with zero attached hydrogens (tertiary/aromatic N) is 2. The van der Waals surface area contributed by atoms with Crippen LogP contribution in [-0.4, -0.2) is 36.6 Å². The molecule has 0 saturated carbocycles. The van der Waals surface area contributed by atoms with E-state index in [1.54, 1.807) is 31.4 Å². The highest BCUT2D eigenvalue weighted by molar-refractivity contribution is 9.10. The van der Waals surface area contributed by atoms with Gasteiger partial charge in [-0.1, -0.05) is 28.9 Å². The average molecular weight is 528 g/mol. The third-order valence-corrected chi connectivity index (χ3v) is 7.23. The van der Waals surface area contributed by atoms with Crippen LogP contribution < -0.4 is 19.9 Å². The van der Waals surface area contributed by atoms with E-state index in [9.17, 15) is 9.59 Å². The normalized spacial score (nSPS) is 21.2. The number of halogens is 1. The number of fused-ring (bicyclic) bond motifs is 1. The van der Waals surface area contributed by atoms with Crippen LogP contribution in [0.4, 0.5) is 11.4 Å². The van der Waals surface area contributed by atoms with E-state index >= 15 is 0 Å². The average Bonchev–Trinajstić information content (AvgIpc) is 2.74. The van der Waals surface area contributed by atoms with Gasteiger partial charge in [0.25, 0.3) is 11.8 Å². The molecule has 1 atom stereocenters. The second-order valence-corrected chi connectivity index (χ2v) is 10.4. The summed E-state index contributed by atoms with van der Waals surface area (Å²) in [7, 11) is 3.67. The van der Waals surface area contributed by atoms with Gasteiger partial charge in [-0.25, -0.2) is 0 Å². The zero-order valence-corrected chi connectivity index (χ0v) is 21.6. The second kappa shape index (κ2) is 8.57. The Kier molecular flexibility index (Phi) is 6.09. The molecule has 1 N–H and O–H groups in total. The predicted octanol–water partition coefficient (Wildman–Crippen LogP) is 5.01. The summed E-state index contributed by atoms with van der Waals surface area (Å²) in [4.78, 5) is 29.8. The van der Waals surface area contributed by atoms with Crippen molar-refractivity contribution in [2.45, 2.75) is 38.6 Å². The smallest absolute Gasteiger partial charge is 0.270 e. The molecule has 1 saturated heterocycles. The van der Waals surface area contributed by atoms with E-state index in [1.165, 1.54) is 4.90 Å². The third kappa shape index (κ3) is 4.17. The Bertz CT molecular complexity index is 1210. The maximum Gasteiger partial charge on any atom is 0.270 e. The van der Waals surface area contributed by atoms with Crippen molar-refractivity contribution in [3.05, 3.63) is 57.6 Å². The molecule has 1 unspecified atom stereocenters. The summed E-state index contributed by atoms with van der Waals surface area (Å²) in [5.41, 5.74) is 3.51. The number of carbonyl (C=O) groups is 2. The highest BCUT2D eigenvalue weighted by Gasteiger charge is 2.37. The van der Waals surface area contributed by atoms with Crippen molar-refractivity contribution >= 4 is 62.5 Å². The minimum absolute atomic E-state index is 0.000951. The van der Waals surface area contributed by atoms with E-state index in [-0.39, 0.29) is 16.2 Å². The molecule has 8 heteroatoms. The number of benzene rings is 2. The monoisotopic (exact) mass is 527 g/mol. The van der Waals surface area contributed by atoms with Gasteiger partial charge in [-0.05, 0) is 74.3 Å². The molecule has 2 amide bonds. The van der Waals surface area contributed by atoms with Gasteiger partial charge in [0, 0.05) is 34.4 Å². The Hall–Kier alpha value is -2.71. The lowest BCUT2D eigenvalue weighted by atomic mass is 9.79. The number of hydrogen-bond donors (Lipinski definition) is 1. The number of anilines is 2. The highest BCUT2D eigenvalue weighted by atomic mass is 79.9. The molecule has 2 aliphatic rings. The number of ether oxygens (including phenoxy) is 1. The van der Waals surface area contributed by atoms with Crippen molar-refractivity contribution in [2.75, 3.05) is 24.0 Å². The van der Waals surface area contributed by atoms with Crippen LogP contribution in [0, 0.1) is 0 Å². The second-order valence-electron chi connectivity index (χ2n) is 9.07. The van der Waals surface area contributed by atoms with Gasteiger partial charge in [-0.3, -0.25) is 19.8 Å². The van der Waals surface area contributed by atoms with Crippen LogP contribution in [0.2, 0.25) is 0 Å². The Morgan fingerprint density at radius 1 is 1.24 bits per heavy atom. The van der Waals surface area contributed by atoms with Gasteiger partial charge < -0.3 is 9.64 Å². The molecule has 0 aliphatic carbocycles. The minimum atomic E-state index is -0.526. The van der Waals surface area contributed by atoms with Gasteiger partial charge in [0.05, 0.1) is 12.8 Å². The largest absolute Gasteiger partial charge is 0.496 e. The lowest BCUT2D eigenvalue weighted by Crippen LogP contribution is -2.54. The van der Waals surface area contributed by atoms with Gasteiger partial charge in [0.1, 0.15) is 11.3 Å². The third-order valence-electron chi connectivity index (χ3n) is 6.45. The van der Waals surface area contributed by atoms with E-state index in [4.69, 9.17) is 17.0 Å². The van der Waals surface area contributed by atoms with Crippen molar-refractivity contribution in [1.82, 2.24) is 5.32 Å². The highest BCUT2D eigenvalue weighted by Crippen LogP contribution is 2.45. The molecule has 0 spiro atoms. The Morgan fingerprint density at radius 3 is 2.64 bits per heavy atom.